The fraction of sp³-hybridized carbons (Fsp3) is 0.692. The summed E-state index contributed by atoms with van der Waals surface area (Å²) in [5.74, 6) is 0. The standard InChI is InChI=1S/C13H20F3N3S/c1-17-8-11-2-3-12(20-11)9-18-4-6-19(7-5-18)10-13(14,15)16/h2-3,17H,4-10H2,1H3. The first-order valence-corrected chi connectivity index (χ1v) is 7.51. The summed E-state index contributed by atoms with van der Waals surface area (Å²) in [6.45, 7) is 3.32. The Labute approximate surface area is 121 Å². The maximum atomic E-state index is 12.3. The van der Waals surface area contributed by atoms with Gasteiger partial charge in [-0.05, 0) is 19.2 Å². The van der Waals surface area contributed by atoms with Crippen molar-refractivity contribution in [2.75, 3.05) is 39.8 Å². The predicted molar refractivity (Wildman–Crippen MR) is 74.9 cm³/mol. The Balaban J connectivity index is 1.76. The van der Waals surface area contributed by atoms with E-state index in [2.05, 4.69) is 22.3 Å². The molecule has 1 aromatic heterocycles. The molecule has 0 bridgehead atoms. The number of hydrogen-bond acceptors (Lipinski definition) is 4. The van der Waals surface area contributed by atoms with Gasteiger partial charge in [-0.15, -0.1) is 11.3 Å². The first-order valence-electron chi connectivity index (χ1n) is 6.70. The van der Waals surface area contributed by atoms with Crippen molar-refractivity contribution in [2.24, 2.45) is 0 Å². The van der Waals surface area contributed by atoms with Crippen LogP contribution >= 0.6 is 11.3 Å². The first-order chi connectivity index (χ1) is 9.46. The van der Waals surface area contributed by atoms with Crippen molar-refractivity contribution in [1.29, 1.82) is 0 Å². The number of nitrogens with zero attached hydrogens (tertiary/aromatic N) is 2. The van der Waals surface area contributed by atoms with Crippen molar-refractivity contribution in [3.05, 3.63) is 21.9 Å². The summed E-state index contributed by atoms with van der Waals surface area (Å²) in [5.41, 5.74) is 0. The van der Waals surface area contributed by atoms with Gasteiger partial charge >= 0.3 is 6.18 Å². The van der Waals surface area contributed by atoms with Crippen LogP contribution in [0.1, 0.15) is 9.75 Å². The SMILES string of the molecule is CNCc1ccc(CN2CCN(CC(F)(F)F)CC2)s1. The summed E-state index contributed by atoms with van der Waals surface area (Å²) in [6, 6.07) is 4.22. The van der Waals surface area contributed by atoms with E-state index in [1.54, 1.807) is 11.3 Å². The van der Waals surface area contributed by atoms with Crippen molar-refractivity contribution in [3.8, 4) is 0 Å². The average molecular weight is 307 g/mol. The van der Waals surface area contributed by atoms with Gasteiger partial charge in [0.25, 0.3) is 0 Å². The molecule has 1 aromatic rings. The molecule has 0 radical (unpaired) electrons. The number of thiophene rings is 1. The maximum absolute atomic E-state index is 12.3. The van der Waals surface area contributed by atoms with Crippen LogP contribution in [0, 0.1) is 0 Å². The molecule has 1 fully saturated rings. The van der Waals surface area contributed by atoms with E-state index >= 15 is 0 Å². The van der Waals surface area contributed by atoms with E-state index in [1.807, 2.05) is 7.05 Å². The first kappa shape index (κ1) is 15.8. The zero-order valence-electron chi connectivity index (χ0n) is 11.5. The van der Waals surface area contributed by atoms with Gasteiger partial charge in [-0.25, -0.2) is 0 Å². The van der Waals surface area contributed by atoms with Crippen LogP contribution in [0.3, 0.4) is 0 Å². The van der Waals surface area contributed by atoms with E-state index < -0.39 is 12.7 Å². The Hall–Kier alpha value is -0.630. The zero-order chi connectivity index (χ0) is 14.6. The number of halogens is 3. The molecule has 0 aliphatic carbocycles. The molecule has 0 saturated carbocycles. The zero-order valence-corrected chi connectivity index (χ0v) is 12.4. The lowest BCUT2D eigenvalue weighted by molar-refractivity contribution is -0.149. The minimum absolute atomic E-state index is 0.494. The van der Waals surface area contributed by atoms with Crippen molar-refractivity contribution in [2.45, 2.75) is 19.3 Å². The topological polar surface area (TPSA) is 18.5 Å². The van der Waals surface area contributed by atoms with Crippen LogP contribution < -0.4 is 5.32 Å². The van der Waals surface area contributed by atoms with Crippen molar-refractivity contribution >= 4 is 11.3 Å². The third-order valence-corrected chi connectivity index (χ3v) is 4.39. The van der Waals surface area contributed by atoms with Gasteiger partial charge in [-0.1, -0.05) is 0 Å². The Bertz CT molecular complexity index is 411. The summed E-state index contributed by atoms with van der Waals surface area (Å²) in [4.78, 5) is 6.27. The molecular formula is C13H20F3N3S. The molecular weight excluding hydrogens is 287 g/mol. The lowest BCUT2D eigenvalue weighted by atomic mass is 10.3. The molecule has 20 heavy (non-hydrogen) atoms. The number of piperazine rings is 1. The minimum atomic E-state index is -4.09. The van der Waals surface area contributed by atoms with Gasteiger partial charge < -0.3 is 5.32 Å². The van der Waals surface area contributed by atoms with Gasteiger partial charge in [0.2, 0.25) is 0 Å². The highest BCUT2D eigenvalue weighted by Gasteiger charge is 2.32. The second kappa shape index (κ2) is 6.89. The summed E-state index contributed by atoms with van der Waals surface area (Å²) in [5, 5.41) is 3.11. The molecule has 0 amide bonds. The predicted octanol–water partition coefficient (Wildman–Crippen LogP) is 2.15. The fourth-order valence-electron chi connectivity index (χ4n) is 2.36. The average Bonchev–Trinajstić information content (AvgIpc) is 2.78. The number of nitrogens with one attached hydrogen (secondary N) is 1. The van der Waals surface area contributed by atoms with E-state index in [-0.39, 0.29) is 0 Å². The molecule has 7 heteroatoms. The highest BCUT2D eigenvalue weighted by Crippen LogP contribution is 2.20. The van der Waals surface area contributed by atoms with Crippen molar-refractivity contribution in [3.63, 3.8) is 0 Å². The van der Waals surface area contributed by atoms with E-state index in [4.69, 9.17) is 0 Å². The van der Waals surface area contributed by atoms with Gasteiger partial charge in [0.1, 0.15) is 0 Å². The number of rotatable bonds is 5. The third-order valence-electron chi connectivity index (χ3n) is 3.32. The Kier molecular flexibility index (Phi) is 5.42. The summed E-state index contributed by atoms with van der Waals surface area (Å²) in [7, 11) is 1.92. The van der Waals surface area contributed by atoms with E-state index in [0.717, 1.165) is 13.1 Å². The lowest BCUT2D eigenvalue weighted by Crippen LogP contribution is -2.48. The van der Waals surface area contributed by atoms with E-state index in [9.17, 15) is 13.2 Å². The quantitative estimate of drug-likeness (QED) is 0.899. The summed E-state index contributed by atoms with van der Waals surface area (Å²) in [6.07, 6.45) is -4.09. The van der Waals surface area contributed by atoms with Crippen LogP contribution in [0.2, 0.25) is 0 Å². The molecule has 1 aliphatic heterocycles. The highest BCUT2D eigenvalue weighted by molar-refractivity contribution is 7.11. The Morgan fingerprint density at radius 3 is 2.30 bits per heavy atom. The smallest absolute Gasteiger partial charge is 0.315 e. The molecule has 2 heterocycles. The third kappa shape index (κ3) is 5.05. The molecule has 0 aromatic carbocycles. The van der Waals surface area contributed by atoms with Crippen LogP contribution in [-0.4, -0.2) is 55.7 Å². The second-order valence-electron chi connectivity index (χ2n) is 5.07. The van der Waals surface area contributed by atoms with Crippen LogP contribution in [0.4, 0.5) is 13.2 Å². The van der Waals surface area contributed by atoms with Gasteiger partial charge in [-0.3, -0.25) is 9.80 Å². The molecule has 1 aliphatic rings. The maximum Gasteiger partial charge on any atom is 0.401 e. The van der Waals surface area contributed by atoms with Gasteiger partial charge in [-0.2, -0.15) is 13.2 Å². The number of alkyl halides is 3. The molecule has 2 rings (SSSR count). The Morgan fingerprint density at radius 1 is 1.10 bits per heavy atom. The molecule has 1 N–H and O–H groups in total. The van der Waals surface area contributed by atoms with Crippen LogP contribution in [0.15, 0.2) is 12.1 Å². The molecule has 0 unspecified atom stereocenters. The van der Waals surface area contributed by atoms with Crippen LogP contribution in [-0.2, 0) is 13.1 Å². The largest absolute Gasteiger partial charge is 0.401 e. The number of hydrogen-bond donors (Lipinski definition) is 1. The fourth-order valence-corrected chi connectivity index (χ4v) is 3.43. The van der Waals surface area contributed by atoms with Crippen molar-refractivity contribution < 1.29 is 13.2 Å². The van der Waals surface area contributed by atoms with Gasteiger partial charge in [0, 0.05) is 49.0 Å². The Morgan fingerprint density at radius 2 is 1.70 bits per heavy atom. The summed E-state index contributed by atoms with van der Waals surface area (Å²) >= 11 is 1.76. The van der Waals surface area contributed by atoms with E-state index in [0.29, 0.717) is 26.2 Å². The van der Waals surface area contributed by atoms with E-state index in [1.165, 1.54) is 14.7 Å². The monoisotopic (exact) mass is 307 g/mol. The minimum Gasteiger partial charge on any atom is -0.315 e. The highest BCUT2D eigenvalue weighted by atomic mass is 32.1. The van der Waals surface area contributed by atoms with Gasteiger partial charge in [0.15, 0.2) is 0 Å². The second-order valence-corrected chi connectivity index (χ2v) is 6.32. The normalized spacial score (nSPS) is 18.6. The lowest BCUT2D eigenvalue weighted by Gasteiger charge is -2.34. The van der Waals surface area contributed by atoms with Crippen molar-refractivity contribution in [1.82, 2.24) is 15.1 Å². The molecule has 0 atom stereocenters. The molecule has 3 nitrogen and oxygen atoms in total. The van der Waals surface area contributed by atoms with Gasteiger partial charge in [0.05, 0.1) is 6.54 Å². The molecule has 114 valence electrons. The van der Waals surface area contributed by atoms with Crippen LogP contribution in [0.5, 0.6) is 0 Å². The molecule has 1 saturated heterocycles. The molecule has 0 spiro atoms. The van der Waals surface area contributed by atoms with Crippen LogP contribution in [0.25, 0.3) is 0 Å². The summed E-state index contributed by atoms with van der Waals surface area (Å²) < 4.78 is 36.9.